The molecule has 2 heterocycles. The highest BCUT2D eigenvalue weighted by atomic mass is 31.1. The Morgan fingerprint density at radius 2 is 0.952 bits per heavy atom. The van der Waals surface area contributed by atoms with Gasteiger partial charge >= 0.3 is 0 Å². The Labute approximate surface area is 244 Å². The molecule has 0 saturated heterocycles. The van der Waals surface area contributed by atoms with Gasteiger partial charge in [-0.05, 0) is 87.2 Å². The van der Waals surface area contributed by atoms with Crippen LogP contribution in [0.25, 0.3) is 59.9 Å². The summed E-state index contributed by atoms with van der Waals surface area (Å²) < 4.78 is 2.34. The minimum atomic E-state index is -0.825. The molecule has 9 aromatic rings. The molecule has 7 aromatic carbocycles. The third-order valence-electron chi connectivity index (χ3n) is 8.48. The molecule has 2 aromatic heterocycles. The van der Waals surface area contributed by atoms with Gasteiger partial charge in [0.15, 0.2) is 0 Å². The maximum atomic E-state index is 5.19. The van der Waals surface area contributed by atoms with E-state index in [1.54, 1.807) is 0 Å². The third kappa shape index (κ3) is 3.59. The zero-order valence-corrected chi connectivity index (χ0v) is 23.7. The number of pyridine rings is 1. The Hall–Kier alpha value is -5.04. The summed E-state index contributed by atoms with van der Waals surface area (Å²) in [6.45, 7) is 0. The lowest BCUT2D eigenvalue weighted by atomic mass is 10.1. The minimum absolute atomic E-state index is 0.825. The van der Waals surface area contributed by atoms with Crippen molar-refractivity contribution in [1.29, 1.82) is 0 Å². The SMILES string of the molecule is c1ccc2cc(P(c3ccc4ccccc4c3)c3ccc4c5ccccc5n5c6ccccc6nc5c4c3)ccc2c1. The van der Waals surface area contributed by atoms with Gasteiger partial charge in [0.25, 0.3) is 0 Å². The summed E-state index contributed by atoms with van der Waals surface area (Å²) in [5.74, 6) is 0. The van der Waals surface area contributed by atoms with Gasteiger partial charge in [0, 0.05) is 10.8 Å². The van der Waals surface area contributed by atoms with Crippen LogP contribution in [0.1, 0.15) is 0 Å². The number of nitrogens with zero attached hydrogens (tertiary/aromatic N) is 2. The topological polar surface area (TPSA) is 17.3 Å². The number of imidazole rings is 1. The lowest BCUT2D eigenvalue weighted by Gasteiger charge is -2.21. The number of para-hydroxylation sites is 3. The first-order valence-corrected chi connectivity index (χ1v) is 15.7. The summed E-state index contributed by atoms with van der Waals surface area (Å²) in [5.41, 5.74) is 4.36. The Morgan fingerprint density at radius 1 is 0.405 bits per heavy atom. The fraction of sp³-hybridized carbons (Fsp3) is 0. The van der Waals surface area contributed by atoms with Gasteiger partial charge in [-0.1, -0.05) is 115 Å². The van der Waals surface area contributed by atoms with Crippen LogP contribution in [0, 0.1) is 0 Å². The summed E-state index contributed by atoms with van der Waals surface area (Å²) in [5, 5.41) is 12.8. The molecule has 0 aliphatic rings. The molecule has 196 valence electrons. The van der Waals surface area contributed by atoms with E-state index in [2.05, 4.69) is 156 Å². The molecular formula is C39H25N2P. The number of benzene rings is 7. The Morgan fingerprint density at radius 3 is 1.67 bits per heavy atom. The second kappa shape index (κ2) is 9.24. The molecule has 3 heteroatoms. The summed E-state index contributed by atoms with van der Waals surface area (Å²) >= 11 is 0. The van der Waals surface area contributed by atoms with E-state index < -0.39 is 7.92 Å². The molecule has 0 aliphatic heterocycles. The van der Waals surface area contributed by atoms with Crippen LogP contribution in [0.5, 0.6) is 0 Å². The summed E-state index contributed by atoms with van der Waals surface area (Å²) in [7, 11) is -0.825. The van der Waals surface area contributed by atoms with Gasteiger partial charge in [-0.2, -0.15) is 0 Å². The summed E-state index contributed by atoms with van der Waals surface area (Å²) in [6, 6.07) is 55.5. The van der Waals surface area contributed by atoms with Crippen molar-refractivity contribution in [3.05, 3.63) is 152 Å². The van der Waals surface area contributed by atoms with Crippen molar-refractivity contribution in [2.45, 2.75) is 0 Å². The first-order valence-electron chi connectivity index (χ1n) is 14.3. The molecule has 0 fully saturated rings. The maximum absolute atomic E-state index is 5.19. The minimum Gasteiger partial charge on any atom is -0.292 e. The predicted molar refractivity (Wildman–Crippen MR) is 181 cm³/mol. The van der Waals surface area contributed by atoms with E-state index in [0.717, 1.165) is 16.7 Å². The van der Waals surface area contributed by atoms with Gasteiger partial charge < -0.3 is 0 Å². The Balaban J connectivity index is 1.36. The molecule has 0 aliphatic carbocycles. The van der Waals surface area contributed by atoms with Gasteiger partial charge in [0.1, 0.15) is 5.65 Å². The molecule has 0 N–H and O–H groups in total. The molecule has 2 nitrogen and oxygen atoms in total. The highest BCUT2D eigenvalue weighted by Gasteiger charge is 2.20. The Bertz CT molecular complexity index is 2410. The maximum Gasteiger partial charge on any atom is 0.146 e. The van der Waals surface area contributed by atoms with Crippen LogP contribution in [0.4, 0.5) is 0 Å². The molecule has 9 rings (SSSR count). The van der Waals surface area contributed by atoms with Crippen LogP contribution in [0.3, 0.4) is 0 Å². The van der Waals surface area contributed by atoms with Crippen molar-refractivity contribution in [3.63, 3.8) is 0 Å². The lowest BCUT2D eigenvalue weighted by molar-refractivity contribution is 1.32. The van der Waals surface area contributed by atoms with Crippen LogP contribution in [0.15, 0.2) is 152 Å². The summed E-state index contributed by atoms with van der Waals surface area (Å²) in [6.07, 6.45) is 0. The standard InChI is InChI=1S/C39H25N2P/c1-3-11-28-23-30(19-17-26(28)9-1)42(31-20-18-27-10-2-4-12-29(27)24-31)32-21-22-33-34-13-5-7-15-37(34)41-38-16-8-6-14-36(38)40-39(41)35(33)25-32/h1-25H. The fourth-order valence-corrected chi connectivity index (χ4v) is 8.88. The number of hydrogen-bond donors (Lipinski definition) is 0. The molecule has 0 bridgehead atoms. The van der Waals surface area contributed by atoms with Gasteiger partial charge in [-0.25, -0.2) is 4.98 Å². The average molecular weight is 553 g/mol. The highest BCUT2D eigenvalue weighted by Crippen LogP contribution is 2.38. The van der Waals surface area contributed by atoms with E-state index in [9.17, 15) is 0 Å². The zero-order chi connectivity index (χ0) is 27.6. The monoisotopic (exact) mass is 552 g/mol. The molecule has 42 heavy (non-hydrogen) atoms. The average Bonchev–Trinajstić information content (AvgIpc) is 3.45. The van der Waals surface area contributed by atoms with Crippen LogP contribution < -0.4 is 15.9 Å². The van der Waals surface area contributed by atoms with E-state index >= 15 is 0 Å². The van der Waals surface area contributed by atoms with Crippen molar-refractivity contribution < 1.29 is 0 Å². The smallest absolute Gasteiger partial charge is 0.146 e. The van der Waals surface area contributed by atoms with Crippen molar-refractivity contribution in [3.8, 4) is 0 Å². The lowest BCUT2D eigenvalue weighted by Crippen LogP contribution is -2.20. The fourth-order valence-electron chi connectivity index (χ4n) is 6.52. The molecule has 0 unspecified atom stereocenters. The largest absolute Gasteiger partial charge is 0.292 e. The number of fused-ring (bicyclic) bond motifs is 10. The Kier molecular flexibility index (Phi) is 5.20. The third-order valence-corrected chi connectivity index (χ3v) is 10.9. The van der Waals surface area contributed by atoms with Crippen LogP contribution in [0.2, 0.25) is 0 Å². The molecule has 0 saturated carbocycles. The van der Waals surface area contributed by atoms with Gasteiger partial charge in [-0.15, -0.1) is 0 Å². The van der Waals surface area contributed by atoms with Crippen LogP contribution >= 0.6 is 7.92 Å². The molecule has 0 spiro atoms. The van der Waals surface area contributed by atoms with Gasteiger partial charge in [-0.3, -0.25) is 4.40 Å². The molecule has 0 radical (unpaired) electrons. The highest BCUT2D eigenvalue weighted by molar-refractivity contribution is 7.79. The quantitative estimate of drug-likeness (QED) is 0.158. The molecular weight excluding hydrogens is 527 g/mol. The van der Waals surface area contributed by atoms with Gasteiger partial charge in [0.05, 0.1) is 16.6 Å². The zero-order valence-electron chi connectivity index (χ0n) is 22.8. The normalized spacial score (nSPS) is 12.0. The first kappa shape index (κ1) is 23.6. The first-order chi connectivity index (χ1) is 20.8. The number of rotatable bonds is 3. The predicted octanol–water partition coefficient (Wildman–Crippen LogP) is 8.86. The van der Waals surface area contributed by atoms with Crippen molar-refractivity contribution in [2.75, 3.05) is 0 Å². The van der Waals surface area contributed by atoms with E-state index in [1.165, 1.54) is 59.1 Å². The van der Waals surface area contributed by atoms with E-state index in [-0.39, 0.29) is 0 Å². The molecule has 0 amide bonds. The van der Waals surface area contributed by atoms with E-state index in [0.29, 0.717) is 0 Å². The van der Waals surface area contributed by atoms with Crippen molar-refractivity contribution >= 4 is 83.7 Å². The van der Waals surface area contributed by atoms with Gasteiger partial charge in [0.2, 0.25) is 0 Å². The second-order valence-corrected chi connectivity index (χ2v) is 13.1. The van der Waals surface area contributed by atoms with Crippen molar-refractivity contribution in [2.24, 2.45) is 0 Å². The molecule has 0 atom stereocenters. The van der Waals surface area contributed by atoms with E-state index in [4.69, 9.17) is 4.98 Å². The van der Waals surface area contributed by atoms with E-state index in [1.807, 2.05) is 0 Å². The second-order valence-electron chi connectivity index (χ2n) is 10.9. The van der Waals surface area contributed by atoms with Crippen LogP contribution in [-0.2, 0) is 0 Å². The number of hydrogen-bond acceptors (Lipinski definition) is 1. The van der Waals surface area contributed by atoms with Crippen molar-refractivity contribution in [1.82, 2.24) is 9.38 Å². The summed E-state index contributed by atoms with van der Waals surface area (Å²) in [4.78, 5) is 5.19. The number of aromatic nitrogens is 2. The van der Waals surface area contributed by atoms with Crippen LogP contribution in [-0.4, -0.2) is 9.38 Å².